The number of rotatable bonds is 5. The second-order valence-corrected chi connectivity index (χ2v) is 4.50. The van der Waals surface area contributed by atoms with Crippen LogP contribution in [0.25, 0.3) is 0 Å². The molecule has 2 rings (SSSR count). The largest absolute Gasteiger partial charge is 0.480 e. The third-order valence-electron chi connectivity index (χ3n) is 2.63. The third kappa shape index (κ3) is 3.76. The van der Waals surface area contributed by atoms with Gasteiger partial charge >= 0.3 is 5.97 Å². The van der Waals surface area contributed by atoms with E-state index in [9.17, 15) is 14.0 Å². The van der Waals surface area contributed by atoms with Crippen molar-refractivity contribution in [2.45, 2.75) is 12.5 Å². The number of hydrogen-bond donors (Lipinski definition) is 3. The van der Waals surface area contributed by atoms with Crippen LogP contribution in [-0.4, -0.2) is 38.0 Å². The number of nitrogens with zero attached hydrogens (tertiary/aromatic N) is 2. The maximum absolute atomic E-state index is 13.1. The quantitative estimate of drug-likeness (QED) is 0.714. The molecule has 0 bridgehead atoms. The molecule has 7 nitrogen and oxygen atoms in total. The SMILES string of the molecule is O=C(N[C@@H](Cc1cnc[nH]1)C(=O)O)c1cc(F)cnc1Cl. The maximum atomic E-state index is 13.1. The van der Waals surface area contributed by atoms with Gasteiger partial charge in [-0.15, -0.1) is 0 Å². The summed E-state index contributed by atoms with van der Waals surface area (Å²) in [6.07, 6.45) is 3.70. The normalized spacial score (nSPS) is 11.9. The van der Waals surface area contributed by atoms with Crippen LogP contribution >= 0.6 is 11.6 Å². The second-order valence-electron chi connectivity index (χ2n) is 4.14. The molecular formula is C12H10ClFN4O3. The number of carboxylic acid groups (broad SMARTS) is 1. The second kappa shape index (κ2) is 6.31. The lowest BCUT2D eigenvalue weighted by atomic mass is 10.1. The number of aromatic amines is 1. The summed E-state index contributed by atoms with van der Waals surface area (Å²) >= 11 is 5.69. The number of nitrogens with one attached hydrogen (secondary N) is 2. The highest BCUT2D eigenvalue weighted by atomic mass is 35.5. The zero-order valence-electron chi connectivity index (χ0n) is 10.5. The molecule has 2 aromatic rings. The smallest absolute Gasteiger partial charge is 0.326 e. The molecule has 0 unspecified atom stereocenters. The zero-order valence-corrected chi connectivity index (χ0v) is 11.3. The average Bonchev–Trinajstić information content (AvgIpc) is 2.93. The lowest BCUT2D eigenvalue weighted by Crippen LogP contribution is -2.42. The molecule has 21 heavy (non-hydrogen) atoms. The number of H-pyrrole nitrogens is 1. The minimum absolute atomic E-state index is 0.00143. The molecule has 0 aliphatic heterocycles. The number of aliphatic carboxylic acids is 1. The summed E-state index contributed by atoms with van der Waals surface area (Å²) < 4.78 is 13.1. The summed E-state index contributed by atoms with van der Waals surface area (Å²) in [5, 5.41) is 11.2. The highest BCUT2D eigenvalue weighted by molar-refractivity contribution is 6.32. The van der Waals surface area contributed by atoms with E-state index in [0.29, 0.717) is 5.69 Å². The number of imidazole rings is 1. The molecular weight excluding hydrogens is 303 g/mol. The first kappa shape index (κ1) is 14.9. The number of pyridine rings is 1. The van der Waals surface area contributed by atoms with Crippen molar-refractivity contribution in [1.82, 2.24) is 20.3 Å². The van der Waals surface area contributed by atoms with E-state index in [0.717, 1.165) is 12.3 Å². The van der Waals surface area contributed by atoms with Crippen molar-refractivity contribution >= 4 is 23.5 Å². The van der Waals surface area contributed by atoms with Crippen molar-refractivity contribution in [3.05, 3.63) is 47.0 Å². The Morgan fingerprint density at radius 1 is 1.48 bits per heavy atom. The number of carboxylic acids is 1. The molecule has 0 aliphatic carbocycles. The molecule has 0 saturated carbocycles. The van der Waals surface area contributed by atoms with Crippen molar-refractivity contribution < 1.29 is 19.1 Å². The van der Waals surface area contributed by atoms with Crippen LogP contribution in [0.15, 0.2) is 24.8 Å². The molecule has 3 N–H and O–H groups in total. The van der Waals surface area contributed by atoms with Gasteiger partial charge in [0.1, 0.15) is 17.0 Å². The number of carbonyl (C=O) groups is 2. The van der Waals surface area contributed by atoms with Crippen molar-refractivity contribution in [1.29, 1.82) is 0 Å². The monoisotopic (exact) mass is 312 g/mol. The first-order valence-electron chi connectivity index (χ1n) is 5.79. The predicted octanol–water partition coefficient (Wildman–Crippen LogP) is 1.02. The van der Waals surface area contributed by atoms with E-state index < -0.39 is 23.7 Å². The third-order valence-corrected chi connectivity index (χ3v) is 2.93. The lowest BCUT2D eigenvalue weighted by molar-refractivity contribution is -0.139. The Kier molecular flexibility index (Phi) is 4.49. The molecule has 2 aromatic heterocycles. The van der Waals surface area contributed by atoms with Crippen LogP contribution in [0.2, 0.25) is 5.15 Å². The molecule has 110 valence electrons. The summed E-state index contributed by atoms with van der Waals surface area (Å²) in [7, 11) is 0. The molecule has 0 fully saturated rings. The van der Waals surface area contributed by atoms with Gasteiger partial charge in [-0.25, -0.2) is 19.2 Å². The number of halogens is 2. The van der Waals surface area contributed by atoms with Gasteiger partial charge in [0.25, 0.3) is 5.91 Å². The van der Waals surface area contributed by atoms with E-state index in [1.165, 1.54) is 12.5 Å². The van der Waals surface area contributed by atoms with Gasteiger partial charge in [-0.3, -0.25) is 4.79 Å². The molecule has 0 aromatic carbocycles. The topological polar surface area (TPSA) is 108 Å². The summed E-state index contributed by atoms with van der Waals surface area (Å²) in [6.45, 7) is 0. The maximum Gasteiger partial charge on any atom is 0.326 e. The van der Waals surface area contributed by atoms with Crippen molar-refractivity contribution in [2.24, 2.45) is 0 Å². The summed E-state index contributed by atoms with van der Waals surface area (Å²) in [5.74, 6) is -2.80. The minimum Gasteiger partial charge on any atom is -0.480 e. The molecule has 0 saturated heterocycles. The zero-order chi connectivity index (χ0) is 15.4. The van der Waals surface area contributed by atoms with E-state index in [-0.39, 0.29) is 17.1 Å². The molecule has 0 spiro atoms. The van der Waals surface area contributed by atoms with E-state index in [1.54, 1.807) is 0 Å². The van der Waals surface area contributed by atoms with Crippen molar-refractivity contribution in [3.8, 4) is 0 Å². The Labute approximate surface area is 123 Å². The van der Waals surface area contributed by atoms with Gasteiger partial charge in [-0.05, 0) is 6.07 Å². The van der Waals surface area contributed by atoms with Crippen LogP contribution < -0.4 is 5.32 Å². The predicted molar refractivity (Wildman–Crippen MR) is 70.4 cm³/mol. The Bertz CT molecular complexity index is 663. The number of amides is 1. The number of carbonyl (C=O) groups excluding carboxylic acids is 1. The average molecular weight is 313 g/mol. The van der Waals surface area contributed by atoms with Gasteiger partial charge < -0.3 is 15.4 Å². The van der Waals surface area contributed by atoms with Gasteiger partial charge in [-0.2, -0.15) is 0 Å². The first-order valence-corrected chi connectivity index (χ1v) is 6.17. The number of aromatic nitrogens is 3. The van der Waals surface area contributed by atoms with Crippen molar-refractivity contribution in [3.63, 3.8) is 0 Å². The van der Waals surface area contributed by atoms with E-state index >= 15 is 0 Å². The van der Waals surface area contributed by atoms with Crippen LogP contribution in [0.4, 0.5) is 4.39 Å². The van der Waals surface area contributed by atoms with Gasteiger partial charge in [0.05, 0.1) is 18.1 Å². The molecule has 2 heterocycles. The molecule has 1 atom stereocenters. The Balaban J connectivity index is 2.14. The van der Waals surface area contributed by atoms with Crippen LogP contribution in [0.5, 0.6) is 0 Å². The van der Waals surface area contributed by atoms with Crippen LogP contribution in [0, 0.1) is 5.82 Å². The molecule has 0 aliphatic rings. The highest BCUT2D eigenvalue weighted by Crippen LogP contribution is 2.14. The fourth-order valence-electron chi connectivity index (χ4n) is 1.63. The lowest BCUT2D eigenvalue weighted by Gasteiger charge is -2.14. The fourth-order valence-corrected chi connectivity index (χ4v) is 1.82. The summed E-state index contributed by atoms with van der Waals surface area (Å²) in [4.78, 5) is 33.1. The van der Waals surface area contributed by atoms with Gasteiger partial charge in [-0.1, -0.05) is 11.6 Å². The van der Waals surface area contributed by atoms with Gasteiger partial charge in [0.2, 0.25) is 0 Å². The van der Waals surface area contributed by atoms with E-state index in [4.69, 9.17) is 16.7 Å². The van der Waals surface area contributed by atoms with Gasteiger partial charge in [0.15, 0.2) is 0 Å². The number of hydrogen-bond acceptors (Lipinski definition) is 4. The Morgan fingerprint density at radius 2 is 2.24 bits per heavy atom. The van der Waals surface area contributed by atoms with Crippen LogP contribution in [0.3, 0.4) is 0 Å². The van der Waals surface area contributed by atoms with Gasteiger partial charge in [0, 0.05) is 18.3 Å². The highest BCUT2D eigenvalue weighted by Gasteiger charge is 2.23. The molecule has 1 amide bonds. The molecule has 0 radical (unpaired) electrons. The first-order chi connectivity index (χ1) is 9.97. The van der Waals surface area contributed by atoms with E-state index in [1.807, 2.05) is 0 Å². The summed E-state index contributed by atoms with van der Waals surface area (Å²) in [6, 6.07) is -0.322. The Morgan fingerprint density at radius 3 is 2.86 bits per heavy atom. The van der Waals surface area contributed by atoms with E-state index in [2.05, 4.69) is 20.3 Å². The van der Waals surface area contributed by atoms with Crippen LogP contribution in [-0.2, 0) is 11.2 Å². The molecule has 9 heteroatoms. The van der Waals surface area contributed by atoms with Crippen molar-refractivity contribution in [2.75, 3.05) is 0 Å². The standard InChI is InChI=1S/C12H10ClFN4O3/c13-10-8(1-6(14)3-16-10)11(19)18-9(12(20)21)2-7-4-15-5-17-7/h1,3-5,9H,2H2,(H,15,17)(H,18,19)(H,20,21)/t9-/m0/s1. The Hall–Kier alpha value is -2.48. The summed E-state index contributed by atoms with van der Waals surface area (Å²) in [5.41, 5.74) is 0.304. The fraction of sp³-hybridized carbons (Fsp3) is 0.167. The minimum atomic E-state index is -1.24. The van der Waals surface area contributed by atoms with Crippen LogP contribution in [0.1, 0.15) is 16.1 Å².